The van der Waals surface area contributed by atoms with E-state index in [2.05, 4.69) is 5.32 Å². The number of hydrogen-bond donors (Lipinski definition) is 1. The number of nitrogens with zero attached hydrogens (tertiary/aromatic N) is 2. The fraction of sp³-hybridized carbons (Fsp3) is 0.278. The maximum atomic E-state index is 12.8. The van der Waals surface area contributed by atoms with Gasteiger partial charge in [0.15, 0.2) is 6.10 Å². The van der Waals surface area contributed by atoms with Crippen LogP contribution < -0.4 is 18.7 Å². The van der Waals surface area contributed by atoms with Gasteiger partial charge in [0.1, 0.15) is 5.75 Å². The molecule has 0 aliphatic carbocycles. The molecule has 12 heteroatoms. The molecule has 1 heterocycles. The van der Waals surface area contributed by atoms with Crippen LogP contribution in [0.5, 0.6) is 5.75 Å². The number of benzene rings is 2. The van der Waals surface area contributed by atoms with Crippen LogP contribution in [0.4, 0.5) is 17.1 Å². The molecule has 1 N–H and O–H groups in total. The lowest BCUT2D eigenvalue weighted by molar-refractivity contribution is -0.122. The Morgan fingerprint density at radius 2 is 1.87 bits per heavy atom. The Bertz CT molecular complexity index is 1200. The number of ether oxygens (including phenoxy) is 1. The van der Waals surface area contributed by atoms with E-state index in [1.54, 1.807) is 18.2 Å². The van der Waals surface area contributed by atoms with Gasteiger partial charge in [-0.2, -0.15) is 0 Å². The van der Waals surface area contributed by atoms with Gasteiger partial charge in [-0.05, 0) is 36.4 Å². The zero-order chi connectivity index (χ0) is 22.3. The van der Waals surface area contributed by atoms with Gasteiger partial charge in [-0.3, -0.25) is 13.4 Å². The van der Waals surface area contributed by atoms with Crippen LogP contribution in [0.2, 0.25) is 5.02 Å². The zero-order valence-electron chi connectivity index (χ0n) is 16.4. The first-order valence-corrected chi connectivity index (χ1v) is 12.7. The molecule has 0 aromatic heterocycles. The molecule has 1 unspecified atom stereocenters. The molecule has 1 aliphatic heterocycles. The third kappa shape index (κ3) is 4.79. The minimum Gasteiger partial charge on any atom is -0.476 e. The van der Waals surface area contributed by atoms with E-state index in [9.17, 15) is 21.6 Å². The average molecular weight is 474 g/mol. The van der Waals surface area contributed by atoms with E-state index in [0.29, 0.717) is 16.4 Å². The standard InChI is InChI=1S/C18H20ClN3O6S2/c1-21(29(2,24)25)14-6-4-5-13(10-14)20-18(23)17-11-22(30(3,26)27)15-9-12(19)7-8-16(15)28-17/h4-10,17H,11H2,1-3H3,(H,20,23). The van der Waals surface area contributed by atoms with Crippen LogP contribution in [0.3, 0.4) is 0 Å². The molecule has 3 rings (SSSR count). The molecule has 0 saturated heterocycles. The lowest BCUT2D eigenvalue weighted by Crippen LogP contribution is -2.48. The molecule has 162 valence electrons. The minimum absolute atomic E-state index is 0.210. The average Bonchev–Trinajstić information content (AvgIpc) is 2.65. The molecule has 0 fully saturated rings. The normalized spacial score (nSPS) is 16.4. The topological polar surface area (TPSA) is 113 Å². The highest BCUT2D eigenvalue weighted by molar-refractivity contribution is 7.92. The number of carbonyl (C=O) groups excluding carboxylic acids is 1. The Balaban J connectivity index is 1.85. The molecule has 2 aromatic carbocycles. The van der Waals surface area contributed by atoms with Crippen molar-refractivity contribution in [1.82, 2.24) is 0 Å². The summed E-state index contributed by atoms with van der Waals surface area (Å²) < 4.78 is 55.8. The number of hydrogen-bond acceptors (Lipinski definition) is 6. The highest BCUT2D eigenvalue weighted by Gasteiger charge is 2.35. The van der Waals surface area contributed by atoms with Gasteiger partial charge in [-0.1, -0.05) is 17.7 Å². The van der Waals surface area contributed by atoms with Crippen LogP contribution in [-0.2, 0) is 24.8 Å². The van der Waals surface area contributed by atoms with Gasteiger partial charge < -0.3 is 10.1 Å². The van der Waals surface area contributed by atoms with Crippen LogP contribution in [0.25, 0.3) is 0 Å². The van der Waals surface area contributed by atoms with Gasteiger partial charge in [0.2, 0.25) is 20.0 Å². The molecule has 30 heavy (non-hydrogen) atoms. The van der Waals surface area contributed by atoms with E-state index in [-0.39, 0.29) is 18.0 Å². The summed E-state index contributed by atoms with van der Waals surface area (Å²) in [6, 6.07) is 10.7. The lowest BCUT2D eigenvalue weighted by atomic mass is 10.2. The van der Waals surface area contributed by atoms with Crippen LogP contribution >= 0.6 is 11.6 Å². The van der Waals surface area contributed by atoms with Gasteiger partial charge in [0.25, 0.3) is 5.91 Å². The summed E-state index contributed by atoms with van der Waals surface area (Å²) in [4.78, 5) is 12.8. The Kier molecular flexibility index (Phi) is 5.89. The number of rotatable bonds is 5. The van der Waals surface area contributed by atoms with Crippen LogP contribution in [0.15, 0.2) is 42.5 Å². The first-order valence-electron chi connectivity index (χ1n) is 8.65. The second-order valence-corrected chi connectivity index (χ2v) is 11.1. The third-order valence-corrected chi connectivity index (χ3v) is 7.05. The number of anilines is 3. The predicted octanol–water partition coefficient (Wildman–Crippen LogP) is 1.90. The Morgan fingerprint density at radius 1 is 1.17 bits per heavy atom. The maximum Gasteiger partial charge on any atom is 0.267 e. The molecule has 0 radical (unpaired) electrons. The first kappa shape index (κ1) is 22.2. The monoisotopic (exact) mass is 473 g/mol. The van der Waals surface area contributed by atoms with E-state index in [0.717, 1.165) is 21.1 Å². The highest BCUT2D eigenvalue weighted by atomic mass is 35.5. The highest BCUT2D eigenvalue weighted by Crippen LogP contribution is 2.37. The number of carbonyl (C=O) groups is 1. The van der Waals surface area contributed by atoms with Crippen molar-refractivity contribution in [3.8, 4) is 5.75 Å². The number of nitrogens with one attached hydrogen (secondary N) is 1. The van der Waals surface area contributed by atoms with Crippen LogP contribution in [-0.4, -0.2) is 55.0 Å². The minimum atomic E-state index is -3.69. The van der Waals surface area contributed by atoms with Gasteiger partial charge in [0, 0.05) is 17.8 Å². The van der Waals surface area contributed by atoms with Gasteiger partial charge in [0.05, 0.1) is 30.4 Å². The number of fused-ring (bicyclic) bond motifs is 1. The van der Waals surface area contributed by atoms with Crippen molar-refractivity contribution in [3.05, 3.63) is 47.5 Å². The second kappa shape index (κ2) is 7.97. The summed E-state index contributed by atoms with van der Waals surface area (Å²) in [6.45, 7) is -0.235. The maximum absolute atomic E-state index is 12.8. The largest absolute Gasteiger partial charge is 0.476 e. The molecule has 1 amide bonds. The van der Waals surface area contributed by atoms with Crippen molar-refractivity contribution in [2.75, 3.05) is 40.0 Å². The van der Waals surface area contributed by atoms with E-state index in [1.165, 1.54) is 31.3 Å². The molecule has 0 bridgehead atoms. The van der Waals surface area contributed by atoms with Crippen molar-refractivity contribution in [2.24, 2.45) is 0 Å². The van der Waals surface area contributed by atoms with E-state index >= 15 is 0 Å². The number of sulfonamides is 2. The number of amides is 1. The van der Waals surface area contributed by atoms with Crippen LogP contribution in [0.1, 0.15) is 0 Å². The second-order valence-electron chi connectivity index (χ2n) is 6.78. The first-order chi connectivity index (χ1) is 13.9. The van der Waals surface area contributed by atoms with Crippen molar-refractivity contribution >= 4 is 54.6 Å². The van der Waals surface area contributed by atoms with Crippen molar-refractivity contribution in [2.45, 2.75) is 6.10 Å². The third-order valence-electron chi connectivity index (χ3n) is 4.46. The van der Waals surface area contributed by atoms with Crippen molar-refractivity contribution < 1.29 is 26.4 Å². The molecule has 0 spiro atoms. The summed E-state index contributed by atoms with van der Waals surface area (Å²) >= 11 is 5.97. The Morgan fingerprint density at radius 3 is 2.50 bits per heavy atom. The molecule has 1 atom stereocenters. The van der Waals surface area contributed by atoms with Crippen molar-refractivity contribution in [3.63, 3.8) is 0 Å². The Labute approximate surface area is 180 Å². The predicted molar refractivity (Wildman–Crippen MR) is 116 cm³/mol. The lowest BCUT2D eigenvalue weighted by Gasteiger charge is -2.34. The van der Waals surface area contributed by atoms with Gasteiger partial charge >= 0.3 is 0 Å². The van der Waals surface area contributed by atoms with Crippen molar-refractivity contribution in [1.29, 1.82) is 0 Å². The smallest absolute Gasteiger partial charge is 0.267 e. The molecule has 1 aliphatic rings. The summed E-state index contributed by atoms with van der Waals surface area (Å²) in [5.74, 6) is -0.370. The fourth-order valence-corrected chi connectivity index (χ4v) is 4.44. The van der Waals surface area contributed by atoms with Gasteiger partial charge in [-0.25, -0.2) is 16.8 Å². The summed E-state index contributed by atoms with van der Waals surface area (Å²) in [5, 5.41) is 2.97. The van der Waals surface area contributed by atoms with Crippen LogP contribution in [0, 0.1) is 0 Å². The molecule has 0 saturated carbocycles. The SMILES string of the molecule is CN(c1cccc(NC(=O)C2CN(S(C)(=O)=O)c3cc(Cl)ccc3O2)c1)S(C)(=O)=O. The summed E-state index contributed by atoms with van der Waals surface area (Å²) in [6.07, 6.45) is 0.977. The zero-order valence-corrected chi connectivity index (χ0v) is 18.8. The van der Waals surface area contributed by atoms with E-state index in [4.69, 9.17) is 16.3 Å². The van der Waals surface area contributed by atoms with Gasteiger partial charge in [-0.15, -0.1) is 0 Å². The molecular weight excluding hydrogens is 454 g/mol. The summed E-state index contributed by atoms with van der Waals surface area (Å²) in [5.41, 5.74) is 0.952. The van der Waals surface area contributed by atoms with E-state index in [1.807, 2.05) is 0 Å². The molecular formula is C18H20ClN3O6S2. The number of halogens is 1. The quantitative estimate of drug-likeness (QED) is 0.709. The van der Waals surface area contributed by atoms with E-state index < -0.39 is 32.1 Å². The molecule has 2 aromatic rings. The summed E-state index contributed by atoms with van der Waals surface area (Å²) in [7, 11) is -5.76. The fourth-order valence-electron chi connectivity index (χ4n) is 2.87. The molecule has 9 nitrogen and oxygen atoms in total. The Hall–Kier alpha value is -2.50.